The van der Waals surface area contributed by atoms with Gasteiger partial charge in [0.25, 0.3) is 5.91 Å². The summed E-state index contributed by atoms with van der Waals surface area (Å²) >= 11 is 0. The molecule has 3 atom stereocenters. The highest BCUT2D eigenvalue weighted by Crippen LogP contribution is 2.48. The summed E-state index contributed by atoms with van der Waals surface area (Å²) in [5.74, 6) is -0.355. The van der Waals surface area contributed by atoms with Gasteiger partial charge >= 0.3 is 11.8 Å². The number of ether oxygens (including phenoxy) is 1. The smallest absolute Gasteiger partial charge is 0.408 e. The number of H-pyrrole nitrogens is 1. The van der Waals surface area contributed by atoms with Gasteiger partial charge in [0.15, 0.2) is 0 Å². The number of sulfonamides is 1. The third-order valence-corrected chi connectivity index (χ3v) is 12.8. The Bertz CT molecular complexity index is 2020. The van der Waals surface area contributed by atoms with E-state index >= 15 is 0 Å². The fourth-order valence-electron chi connectivity index (χ4n) is 7.21. The Balaban J connectivity index is 0.000000360. The van der Waals surface area contributed by atoms with Gasteiger partial charge in [0, 0.05) is 25.0 Å². The zero-order valence-electron chi connectivity index (χ0n) is 37.7. The Labute approximate surface area is 361 Å². The third-order valence-electron chi connectivity index (χ3n) is 10.6. The van der Waals surface area contributed by atoms with Gasteiger partial charge in [0.2, 0.25) is 27.7 Å². The van der Waals surface area contributed by atoms with Crippen LogP contribution in [0.3, 0.4) is 0 Å². The van der Waals surface area contributed by atoms with E-state index in [4.69, 9.17) is 10.5 Å². The number of hydrogen-bond acceptors (Lipinski definition) is 9. The first-order valence-electron chi connectivity index (χ1n) is 21.8. The van der Waals surface area contributed by atoms with Crippen molar-refractivity contribution in [3.8, 4) is 0 Å². The van der Waals surface area contributed by atoms with Crippen molar-refractivity contribution in [1.82, 2.24) is 29.8 Å². The van der Waals surface area contributed by atoms with Crippen LogP contribution in [0.15, 0.2) is 35.1 Å². The number of carbonyl (C=O) groups is 5. The van der Waals surface area contributed by atoms with Crippen molar-refractivity contribution in [3.63, 3.8) is 0 Å². The topological polar surface area (TPSA) is 232 Å². The highest BCUT2D eigenvalue weighted by molar-refractivity contribution is 7.91. The van der Waals surface area contributed by atoms with E-state index in [0.717, 1.165) is 44.4 Å². The molecule has 2 aromatic rings. The van der Waals surface area contributed by atoms with Crippen LogP contribution in [0.1, 0.15) is 149 Å². The second-order valence-corrected chi connectivity index (χ2v) is 20.3. The van der Waals surface area contributed by atoms with Crippen LogP contribution in [0.4, 0.5) is 4.79 Å². The van der Waals surface area contributed by atoms with Crippen LogP contribution < -0.4 is 26.8 Å². The van der Waals surface area contributed by atoms with E-state index in [1.807, 2.05) is 32.9 Å². The van der Waals surface area contributed by atoms with E-state index in [2.05, 4.69) is 47.2 Å². The number of imidazole rings is 1. The molecule has 3 fully saturated rings. The maximum atomic E-state index is 12.8. The van der Waals surface area contributed by atoms with E-state index in [1.54, 1.807) is 37.5 Å². The molecule has 1 aliphatic heterocycles. The SMILES string of the molecule is CC(C)(C)OC(=O)NCC(=O)N1CCC[C@H]1C(N)=O.CC(C)C.CC[C@@H]1C[C@@H]1C(=O)NS(=O)(=O)C1(CCCC/C=C/CCNC(=O)c2cccc3c2[nH]c(=O)n3C(C)C)CC1. The molecule has 2 heterocycles. The fourth-order valence-corrected chi connectivity index (χ4v) is 8.90. The number of unbranched alkanes of at least 4 members (excludes halogenated alkanes) is 2. The number of rotatable bonds is 17. The summed E-state index contributed by atoms with van der Waals surface area (Å²) in [4.78, 5) is 75.9. The number of nitrogens with zero attached hydrogens (tertiary/aromatic N) is 2. The summed E-state index contributed by atoms with van der Waals surface area (Å²) in [5.41, 5.74) is 6.09. The summed E-state index contributed by atoms with van der Waals surface area (Å²) in [6.07, 6.45) is 11.4. The van der Waals surface area contributed by atoms with Crippen molar-refractivity contribution in [2.75, 3.05) is 19.6 Å². The molecule has 1 aromatic carbocycles. The molecule has 5 amide bonds. The number of hydrogen-bond donors (Lipinski definition) is 5. The number of fused-ring (bicyclic) bond motifs is 1. The zero-order valence-corrected chi connectivity index (χ0v) is 38.5. The number of nitrogens with one attached hydrogen (secondary N) is 4. The summed E-state index contributed by atoms with van der Waals surface area (Å²) in [7, 11) is -3.62. The van der Waals surface area contributed by atoms with Gasteiger partial charge in [-0.1, -0.05) is 58.8 Å². The van der Waals surface area contributed by atoms with Gasteiger partial charge in [0.1, 0.15) is 18.2 Å². The van der Waals surface area contributed by atoms with Crippen LogP contribution in [0.2, 0.25) is 0 Å². The van der Waals surface area contributed by atoms with Gasteiger partial charge in [-0.05, 0) is 116 Å². The number of primary amides is 1. The zero-order chi connectivity index (χ0) is 45.7. The number of nitrogens with two attached hydrogens (primary N) is 1. The summed E-state index contributed by atoms with van der Waals surface area (Å²) in [6.45, 7) is 18.3. The van der Waals surface area contributed by atoms with Crippen LogP contribution >= 0.6 is 0 Å². The molecule has 1 saturated heterocycles. The number of amides is 5. The van der Waals surface area contributed by atoms with Gasteiger partial charge in [0.05, 0.1) is 21.3 Å². The molecule has 5 rings (SSSR count). The van der Waals surface area contributed by atoms with Crippen molar-refractivity contribution in [2.24, 2.45) is 23.5 Å². The number of likely N-dealkylation sites (tertiary alicyclic amines) is 1. The van der Waals surface area contributed by atoms with Crippen molar-refractivity contribution in [1.29, 1.82) is 0 Å². The van der Waals surface area contributed by atoms with E-state index in [0.29, 0.717) is 67.7 Å². The molecule has 1 aromatic heterocycles. The molecule has 3 aliphatic rings. The van der Waals surface area contributed by atoms with E-state index in [1.165, 1.54) is 4.90 Å². The van der Waals surface area contributed by atoms with Gasteiger partial charge in [-0.3, -0.25) is 28.5 Å². The molecule has 2 aliphatic carbocycles. The predicted octanol–water partition coefficient (Wildman–Crippen LogP) is 5.82. The highest BCUT2D eigenvalue weighted by Gasteiger charge is 2.55. The predicted molar refractivity (Wildman–Crippen MR) is 237 cm³/mol. The van der Waals surface area contributed by atoms with Crippen LogP contribution in [0.25, 0.3) is 11.0 Å². The van der Waals surface area contributed by atoms with Crippen LogP contribution in [-0.4, -0.2) is 88.6 Å². The molecule has 61 heavy (non-hydrogen) atoms. The number of carbonyl (C=O) groups excluding carboxylic acids is 5. The number of aromatic amines is 1. The fraction of sp³-hybridized carbons (Fsp3) is 0.682. The number of alkyl carbamates (subject to hydrolysis) is 1. The van der Waals surface area contributed by atoms with Gasteiger partial charge in [-0.25, -0.2) is 18.0 Å². The van der Waals surface area contributed by atoms with E-state index < -0.39 is 38.4 Å². The first-order chi connectivity index (χ1) is 28.5. The average Bonchev–Trinajstić information content (AvgIpc) is 4.05. The lowest BCUT2D eigenvalue weighted by atomic mass is 10.1. The highest BCUT2D eigenvalue weighted by atomic mass is 32.2. The Kier molecular flexibility index (Phi) is 18.6. The molecule has 2 saturated carbocycles. The molecule has 0 unspecified atom stereocenters. The molecule has 0 spiro atoms. The van der Waals surface area contributed by atoms with Crippen molar-refractivity contribution in [2.45, 2.75) is 155 Å². The van der Waals surface area contributed by atoms with Crippen molar-refractivity contribution >= 4 is 50.8 Å². The number of aromatic nitrogens is 2. The monoisotopic (exact) mass is 874 g/mol. The van der Waals surface area contributed by atoms with Gasteiger partial charge in [-0.2, -0.15) is 0 Å². The number of para-hydroxylation sites is 1. The largest absolute Gasteiger partial charge is 0.444 e. The number of allylic oxidation sites excluding steroid dienone is 1. The minimum absolute atomic E-state index is 0.0132. The summed E-state index contributed by atoms with van der Waals surface area (Å²) < 4.78 is 33.8. The standard InChI is InChI=1S/C28H40N4O5S.C12H21N3O4.C4H10/c1-4-20-18-22(20)26(34)31-38(36,37)28(15-16-28)14-9-7-5-6-8-10-17-29-25(33)21-12-11-13-23-24(21)30-27(35)32(23)19(2)3;1-12(2,3)19-11(18)14-7-9(16)15-6-4-5-8(15)10(13)17;1-4(2)3/h6,8,11-13,19-20,22H,4-5,7,9-10,14-18H2,1-3H3,(H,29,33)(H,30,35)(H,31,34);8H,4-7H2,1-3H3,(H2,13,17)(H,14,18);4H,1-3H3/b8-6+;;/t20-,22+;8-;/m10./s1. The molecule has 6 N–H and O–H groups in total. The molecule has 16 nitrogen and oxygen atoms in total. The summed E-state index contributed by atoms with van der Waals surface area (Å²) in [5, 5.41) is 5.28. The normalized spacial score (nSPS) is 19.1. The molecule has 342 valence electrons. The lowest BCUT2D eigenvalue weighted by Crippen LogP contribution is -2.48. The maximum Gasteiger partial charge on any atom is 0.408 e. The molecule has 0 bridgehead atoms. The van der Waals surface area contributed by atoms with Crippen molar-refractivity contribution < 1.29 is 37.1 Å². The molecule has 0 radical (unpaired) electrons. The van der Waals surface area contributed by atoms with E-state index in [-0.39, 0.29) is 41.9 Å². The molecule has 17 heteroatoms. The molecular formula is C44H71N7O9S. The second kappa shape index (κ2) is 22.4. The lowest BCUT2D eigenvalue weighted by molar-refractivity contribution is -0.136. The van der Waals surface area contributed by atoms with Crippen LogP contribution in [0, 0.1) is 17.8 Å². The third kappa shape index (κ3) is 15.3. The Morgan fingerprint density at radius 2 is 1.67 bits per heavy atom. The maximum absolute atomic E-state index is 12.8. The van der Waals surface area contributed by atoms with Gasteiger partial charge in [-0.15, -0.1) is 0 Å². The average molecular weight is 874 g/mol. The minimum atomic E-state index is -3.62. The van der Waals surface area contributed by atoms with Gasteiger partial charge < -0.3 is 31.0 Å². The number of benzene rings is 1. The molecular weight excluding hydrogens is 803 g/mol. The first-order valence-corrected chi connectivity index (χ1v) is 23.3. The first kappa shape index (κ1) is 50.7. The Morgan fingerprint density at radius 3 is 2.25 bits per heavy atom. The van der Waals surface area contributed by atoms with Crippen LogP contribution in [-0.2, 0) is 29.1 Å². The quantitative estimate of drug-likeness (QED) is 0.0951. The Morgan fingerprint density at radius 1 is 1.02 bits per heavy atom. The van der Waals surface area contributed by atoms with E-state index in [9.17, 15) is 37.2 Å². The summed E-state index contributed by atoms with van der Waals surface area (Å²) in [6, 6.07) is 4.75. The minimum Gasteiger partial charge on any atom is -0.444 e. The van der Waals surface area contributed by atoms with Crippen molar-refractivity contribution in [3.05, 3.63) is 46.4 Å². The second-order valence-electron chi connectivity index (χ2n) is 18.3. The van der Waals surface area contributed by atoms with Crippen LogP contribution in [0.5, 0.6) is 0 Å². The lowest BCUT2D eigenvalue weighted by Gasteiger charge is -2.23. The Hall–Kier alpha value is -4.67.